The van der Waals surface area contributed by atoms with Gasteiger partial charge in [-0.3, -0.25) is 4.99 Å². The number of rotatable bonds is 2. The fourth-order valence-corrected chi connectivity index (χ4v) is 0.238. The fraction of sp³-hybridized carbons (Fsp3) is 0.750. The van der Waals surface area contributed by atoms with Gasteiger partial charge in [-0.1, -0.05) is 0 Å². The normalized spacial score (nSPS) is 11.3. The summed E-state index contributed by atoms with van der Waals surface area (Å²) < 4.78 is 0. The van der Waals surface area contributed by atoms with E-state index in [1.165, 1.54) is 0 Å². The van der Waals surface area contributed by atoms with Gasteiger partial charge in [-0.25, -0.2) is 0 Å². The van der Waals surface area contributed by atoms with Crippen molar-refractivity contribution >= 4 is 29.9 Å². The Labute approximate surface area is 71.3 Å². The first-order valence-electron chi connectivity index (χ1n) is 2.36. The molecule has 0 aliphatic rings. The zero-order chi connectivity index (χ0) is 6.57. The molecule has 1 atom stereocenters. The molecule has 0 saturated carbocycles. The molecule has 0 heterocycles. The molecule has 9 heavy (non-hydrogen) atoms. The molecule has 0 unspecified atom stereocenters. The Hall–Kier alpha value is -0.0400. The number of nitrogens with zero attached hydrogens (tertiary/aromatic N) is 1. The Morgan fingerprint density at radius 1 is 1.67 bits per heavy atom. The zero-order valence-electron chi connectivity index (χ0n) is 5.24. The summed E-state index contributed by atoms with van der Waals surface area (Å²) in [5, 5.41) is 8.58. The van der Waals surface area contributed by atoms with Crippen LogP contribution in [0, 0.1) is 0 Å². The minimum atomic E-state index is -0.461. The number of hydrogen-bond acceptors (Lipinski definition) is 2. The van der Waals surface area contributed by atoms with Gasteiger partial charge in [0.2, 0.25) is 0 Å². The van der Waals surface area contributed by atoms with E-state index in [4.69, 9.17) is 16.6 Å². The van der Waals surface area contributed by atoms with E-state index in [0.29, 0.717) is 0 Å². The van der Waals surface area contributed by atoms with Crippen LogP contribution in [0.3, 0.4) is 0 Å². The first kappa shape index (κ1) is 11.7. The molecule has 4 nitrogen and oxygen atoms in total. The predicted octanol–water partition coefficient (Wildman–Crippen LogP) is -0.741. The Balaban J connectivity index is 0. The lowest BCUT2D eigenvalue weighted by molar-refractivity contribution is 0.204. The molecule has 0 bridgehead atoms. The van der Waals surface area contributed by atoms with E-state index >= 15 is 0 Å². The lowest BCUT2D eigenvalue weighted by Crippen LogP contribution is -2.24. The van der Waals surface area contributed by atoms with E-state index in [2.05, 4.69) is 4.99 Å². The van der Waals surface area contributed by atoms with Crippen LogP contribution >= 0.6 is 24.0 Å². The molecule has 0 aliphatic heterocycles. The highest BCUT2D eigenvalue weighted by molar-refractivity contribution is 14.0. The Morgan fingerprint density at radius 2 is 2.11 bits per heavy atom. The molecule has 0 rings (SSSR count). The van der Waals surface area contributed by atoms with Gasteiger partial charge in [0.1, 0.15) is 0 Å². The third kappa shape index (κ3) is 11.5. The van der Waals surface area contributed by atoms with Gasteiger partial charge in [0.15, 0.2) is 5.96 Å². The predicted molar refractivity (Wildman–Crippen MR) is 47.8 cm³/mol. The van der Waals surface area contributed by atoms with E-state index in [9.17, 15) is 0 Å². The summed E-state index contributed by atoms with van der Waals surface area (Å²) in [6, 6.07) is 0. The highest BCUT2D eigenvalue weighted by Crippen LogP contribution is 1.77. The minimum absolute atomic E-state index is 0. The van der Waals surface area contributed by atoms with Gasteiger partial charge >= 0.3 is 0 Å². The standard InChI is InChI=1S/C4H11N3O.HI/c1-3(8)2-7-4(5)6;/h3,8H,2H2,1H3,(H4,5,6,7);1H/t3-;/m0./s1. The monoisotopic (exact) mass is 245 g/mol. The highest BCUT2D eigenvalue weighted by Gasteiger charge is 1.89. The lowest BCUT2D eigenvalue weighted by Gasteiger charge is -1.96. The number of aliphatic hydroxyl groups excluding tert-OH is 1. The van der Waals surface area contributed by atoms with Crippen LogP contribution in [0.15, 0.2) is 4.99 Å². The maximum absolute atomic E-state index is 8.58. The van der Waals surface area contributed by atoms with Crippen molar-refractivity contribution in [1.29, 1.82) is 0 Å². The van der Waals surface area contributed by atoms with Crippen molar-refractivity contribution in [2.75, 3.05) is 6.54 Å². The summed E-state index contributed by atoms with van der Waals surface area (Å²) in [5.41, 5.74) is 9.91. The van der Waals surface area contributed by atoms with Crippen LogP contribution in [0.25, 0.3) is 0 Å². The second-order valence-corrected chi connectivity index (χ2v) is 1.61. The first-order valence-corrected chi connectivity index (χ1v) is 2.36. The van der Waals surface area contributed by atoms with Crippen LogP contribution in [-0.4, -0.2) is 23.7 Å². The molecule has 56 valence electrons. The summed E-state index contributed by atoms with van der Waals surface area (Å²) in [6.45, 7) is 1.90. The van der Waals surface area contributed by atoms with Crippen LogP contribution in [0.5, 0.6) is 0 Å². The highest BCUT2D eigenvalue weighted by atomic mass is 127. The minimum Gasteiger partial charge on any atom is -0.391 e. The topological polar surface area (TPSA) is 84.6 Å². The van der Waals surface area contributed by atoms with E-state index in [1.807, 2.05) is 0 Å². The number of hydrogen-bond donors (Lipinski definition) is 3. The number of halogens is 1. The molecule has 0 aliphatic carbocycles. The largest absolute Gasteiger partial charge is 0.391 e. The molecular formula is C4H12IN3O. The van der Waals surface area contributed by atoms with Gasteiger partial charge in [0.25, 0.3) is 0 Å². The maximum atomic E-state index is 8.58. The summed E-state index contributed by atoms with van der Waals surface area (Å²) in [6.07, 6.45) is -0.461. The second kappa shape index (κ2) is 6.09. The molecule has 0 aromatic rings. The van der Waals surface area contributed by atoms with Crippen molar-refractivity contribution in [2.45, 2.75) is 13.0 Å². The molecule has 0 fully saturated rings. The molecular weight excluding hydrogens is 233 g/mol. The van der Waals surface area contributed by atoms with Crippen molar-refractivity contribution in [3.8, 4) is 0 Å². The number of aliphatic hydroxyl groups is 1. The van der Waals surface area contributed by atoms with Crippen molar-refractivity contribution in [1.82, 2.24) is 0 Å². The van der Waals surface area contributed by atoms with Gasteiger partial charge in [0, 0.05) is 0 Å². The maximum Gasteiger partial charge on any atom is 0.185 e. The smallest absolute Gasteiger partial charge is 0.185 e. The first-order chi connectivity index (χ1) is 3.63. The summed E-state index contributed by atoms with van der Waals surface area (Å²) in [4.78, 5) is 3.55. The van der Waals surface area contributed by atoms with E-state index < -0.39 is 6.10 Å². The lowest BCUT2D eigenvalue weighted by atomic mass is 10.4. The number of nitrogens with two attached hydrogens (primary N) is 2. The summed E-state index contributed by atoms with van der Waals surface area (Å²) in [5.74, 6) is 0.0194. The molecule has 0 radical (unpaired) electrons. The van der Waals surface area contributed by atoms with Crippen LogP contribution in [0.4, 0.5) is 0 Å². The Kier molecular flexibility index (Phi) is 7.92. The van der Waals surface area contributed by atoms with Gasteiger partial charge in [-0.2, -0.15) is 0 Å². The molecule has 0 aromatic carbocycles. The summed E-state index contributed by atoms with van der Waals surface area (Å²) in [7, 11) is 0. The molecule has 5 heteroatoms. The van der Waals surface area contributed by atoms with Crippen LogP contribution < -0.4 is 11.5 Å². The average Bonchev–Trinajstić information content (AvgIpc) is 1.61. The van der Waals surface area contributed by atoms with E-state index in [0.717, 1.165) is 0 Å². The molecule has 0 saturated heterocycles. The SMILES string of the molecule is C[C@H](O)CN=C(N)N.I. The van der Waals surface area contributed by atoms with Gasteiger partial charge in [0.05, 0.1) is 12.6 Å². The number of guanidine groups is 1. The average molecular weight is 245 g/mol. The summed E-state index contributed by atoms with van der Waals surface area (Å²) >= 11 is 0. The molecule has 0 amide bonds. The molecule has 0 aromatic heterocycles. The third-order valence-corrected chi connectivity index (χ3v) is 0.538. The van der Waals surface area contributed by atoms with Crippen LogP contribution in [-0.2, 0) is 0 Å². The van der Waals surface area contributed by atoms with Crippen molar-refractivity contribution in [3.63, 3.8) is 0 Å². The second-order valence-electron chi connectivity index (χ2n) is 1.61. The zero-order valence-corrected chi connectivity index (χ0v) is 7.57. The van der Waals surface area contributed by atoms with Gasteiger partial charge in [-0.15, -0.1) is 24.0 Å². The van der Waals surface area contributed by atoms with E-state index in [1.54, 1.807) is 6.92 Å². The van der Waals surface area contributed by atoms with Crippen LogP contribution in [0.1, 0.15) is 6.92 Å². The van der Waals surface area contributed by atoms with E-state index in [-0.39, 0.29) is 36.5 Å². The van der Waals surface area contributed by atoms with Gasteiger partial charge < -0.3 is 16.6 Å². The van der Waals surface area contributed by atoms with Gasteiger partial charge in [-0.05, 0) is 6.92 Å². The Bertz CT molecular complexity index is 89.8. The van der Waals surface area contributed by atoms with Crippen molar-refractivity contribution in [2.24, 2.45) is 16.5 Å². The fourth-order valence-electron chi connectivity index (χ4n) is 0.238. The van der Waals surface area contributed by atoms with Crippen LogP contribution in [0.2, 0.25) is 0 Å². The molecule has 0 spiro atoms. The number of aliphatic imine (C=N–C) groups is 1. The third-order valence-electron chi connectivity index (χ3n) is 0.538. The molecule has 5 N–H and O–H groups in total. The Morgan fingerprint density at radius 3 is 2.22 bits per heavy atom. The van der Waals surface area contributed by atoms with Crippen molar-refractivity contribution in [3.05, 3.63) is 0 Å². The quantitative estimate of drug-likeness (QED) is 0.340. The van der Waals surface area contributed by atoms with Crippen molar-refractivity contribution < 1.29 is 5.11 Å².